The van der Waals surface area contributed by atoms with Crippen LogP contribution in [0.25, 0.3) is 0 Å². The van der Waals surface area contributed by atoms with Crippen LogP contribution in [0, 0.1) is 0 Å². The highest BCUT2D eigenvalue weighted by atomic mass is 32.2. The maximum absolute atomic E-state index is 13.3. The second-order valence-electron chi connectivity index (χ2n) is 8.84. The predicted molar refractivity (Wildman–Crippen MR) is 143 cm³/mol. The molecule has 0 bridgehead atoms. The van der Waals surface area contributed by atoms with Gasteiger partial charge in [0.2, 0.25) is 11.1 Å². The van der Waals surface area contributed by atoms with Crippen LogP contribution in [0.4, 0.5) is 5.95 Å². The predicted octanol–water partition coefficient (Wildman–Crippen LogP) is 3.27. The number of amides is 1. The number of nitrogens with zero attached hydrogens (tertiary/aromatic N) is 4. The lowest BCUT2D eigenvalue weighted by Gasteiger charge is -2.28. The highest BCUT2D eigenvalue weighted by molar-refractivity contribution is 7.99. The van der Waals surface area contributed by atoms with Crippen molar-refractivity contribution in [3.8, 4) is 11.5 Å². The molecule has 1 saturated heterocycles. The molecule has 2 aliphatic rings. The molecule has 2 aromatic rings. The summed E-state index contributed by atoms with van der Waals surface area (Å²) in [7, 11) is 1.54. The van der Waals surface area contributed by atoms with Crippen LogP contribution in [0.2, 0.25) is 0 Å². The Morgan fingerprint density at radius 1 is 1.21 bits per heavy atom. The van der Waals surface area contributed by atoms with Crippen LogP contribution in [0.15, 0.2) is 34.6 Å². The lowest BCUT2D eigenvalue weighted by atomic mass is 9.95. The Balaban J connectivity index is 1.63. The molecule has 1 unspecified atom stereocenters. The molecule has 12 heteroatoms. The number of aromatic nitrogens is 3. The fraction of sp³-hybridized carbons (Fsp3) is 0.538. The Morgan fingerprint density at radius 2 is 2.00 bits per heavy atom. The molecule has 1 atom stereocenters. The number of esters is 1. The highest BCUT2D eigenvalue weighted by Gasteiger charge is 2.36. The van der Waals surface area contributed by atoms with Crippen molar-refractivity contribution in [2.24, 2.45) is 0 Å². The van der Waals surface area contributed by atoms with E-state index >= 15 is 0 Å². The van der Waals surface area contributed by atoms with Crippen molar-refractivity contribution < 1.29 is 28.5 Å². The molecule has 1 fully saturated rings. The molecule has 11 nitrogen and oxygen atoms in total. The average Bonchev–Trinajstić information content (AvgIpc) is 3.33. The zero-order chi connectivity index (χ0) is 27.1. The number of carbonyl (C=O) groups excluding carboxylic acids is 2. The van der Waals surface area contributed by atoms with Crippen molar-refractivity contribution >= 4 is 29.6 Å². The molecule has 0 saturated carbocycles. The van der Waals surface area contributed by atoms with Crippen molar-refractivity contribution in [2.75, 3.05) is 57.7 Å². The van der Waals surface area contributed by atoms with E-state index in [0.29, 0.717) is 66.8 Å². The minimum atomic E-state index is -0.586. The Kier molecular flexibility index (Phi) is 9.51. The Labute approximate surface area is 226 Å². The molecular formula is C26H35N5O6S. The number of carbonyl (C=O) groups is 2. The quantitative estimate of drug-likeness (QED) is 0.256. The standard InChI is InChI=1S/C26H35N5O6S/c1-5-7-12-36-24(33)22-17(3)27-25-28-26(38-6-2)29-31(25)23(22)18-8-9-19(20(15-18)34-4)37-16-21(32)30-10-13-35-14-11-30/h8-9,15,23H,5-7,10-14,16H2,1-4H3,(H,27,28,29). The largest absolute Gasteiger partial charge is 0.493 e. The van der Waals surface area contributed by atoms with Crippen LogP contribution in [0.1, 0.15) is 45.2 Å². The third-order valence-electron chi connectivity index (χ3n) is 6.28. The Morgan fingerprint density at radius 3 is 2.71 bits per heavy atom. The maximum atomic E-state index is 13.3. The third kappa shape index (κ3) is 6.24. The lowest BCUT2D eigenvalue weighted by molar-refractivity contribution is -0.140. The van der Waals surface area contributed by atoms with Gasteiger partial charge in [-0.2, -0.15) is 4.98 Å². The SMILES string of the molecule is CCCCOC(=O)C1=C(C)Nc2nc(SCC)nn2C1c1ccc(OCC(=O)N2CCOCC2)c(OC)c1. The summed E-state index contributed by atoms with van der Waals surface area (Å²) in [5, 5.41) is 8.51. The number of benzene rings is 1. The van der Waals surface area contributed by atoms with Crippen LogP contribution < -0.4 is 14.8 Å². The lowest BCUT2D eigenvalue weighted by Crippen LogP contribution is -2.43. The molecule has 0 radical (unpaired) electrons. The maximum Gasteiger partial charge on any atom is 0.338 e. The Hall–Kier alpha value is -3.25. The van der Waals surface area contributed by atoms with Gasteiger partial charge in [-0.25, -0.2) is 9.48 Å². The number of rotatable bonds is 11. The molecule has 1 aromatic heterocycles. The molecule has 1 N–H and O–H groups in total. The number of allylic oxidation sites excluding steroid dienone is 1. The van der Waals surface area contributed by atoms with Gasteiger partial charge in [-0.1, -0.05) is 38.1 Å². The summed E-state index contributed by atoms with van der Waals surface area (Å²) in [5.74, 6) is 1.72. The van der Waals surface area contributed by atoms with Gasteiger partial charge in [0.05, 0.1) is 32.5 Å². The van der Waals surface area contributed by atoms with E-state index in [1.807, 2.05) is 26.8 Å². The number of hydrogen-bond donors (Lipinski definition) is 1. The summed E-state index contributed by atoms with van der Waals surface area (Å²) < 4.78 is 24.1. The van der Waals surface area contributed by atoms with Gasteiger partial charge in [0.25, 0.3) is 5.91 Å². The third-order valence-corrected chi connectivity index (χ3v) is 7.00. The number of morpholine rings is 1. The van der Waals surface area contributed by atoms with Crippen molar-refractivity contribution in [1.82, 2.24) is 19.7 Å². The average molecular weight is 546 g/mol. The fourth-order valence-electron chi connectivity index (χ4n) is 4.30. The summed E-state index contributed by atoms with van der Waals surface area (Å²) in [4.78, 5) is 32.1. The fourth-order valence-corrected chi connectivity index (χ4v) is 4.85. The van der Waals surface area contributed by atoms with Crippen molar-refractivity contribution in [2.45, 2.75) is 44.8 Å². The summed E-state index contributed by atoms with van der Waals surface area (Å²) in [6, 6.07) is 4.81. The van der Waals surface area contributed by atoms with Gasteiger partial charge in [0.1, 0.15) is 6.04 Å². The van der Waals surface area contributed by atoms with E-state index in [-0.39, 0.29) is 12.5 Å². The Bertz CT molecular complexity index is 1180. The zero-order valence-corrected chi connectivity index (χ0v) is 23.1. The van der Waals surface area contributed by atoms with E-state index in [1.54, 1.807) is 21.7 Å². The summed E-state index contributed by atoms with van der Waals surface area (Å²) in [6.07, 6.45) is 1.70. The van der Waals surface area contributed by atoms with E-state index in [9.17, 15) is 9.59 Å². The number of thioether (sulfide) groups is 1. The molecule has 38 heavy (non-hydrogen) atoms. The highest BCUT2D eigenvalue weighted by Crippen LogP contribution is 2.39. The smallest absolute Gasteiger partial charge is 0.338 e. The molecule has 0 aliphatic carbocycles. The molecule has 206 valence electrons. The molecule has 2 aliphatic heterocycles. The minimum Gasteiger partial charge on any atom is -0.493 e. The van der Waals surface area contributed by atoms with Gasteiger partial charge in [-0.3, -0.25) is 4.79 Å². The topological polar surface area (TPSA) is 117 Å². The van der Waals surface area contributed by atoms with E-state index in [4.69, 9.17) is 18.9 Å². The minimum absolute atomic E-state index is 0.109. The molecular weight excluding hydrogens is 510 g/mol. The van der Waals surface area contributed by atoms with Crippen molar-refractivity contribution in [1.29, 1.82) is 0 Å². The van der Waals surface area contributed by atoms with E-state index in [0.717, 1.165) is 24.2 Å². The molecule has 3 heterocycles. The van der Waals surface area contributed by atoms with Crippen LogP contribution in [-0.4, -0.2) is 83.9 Å². The number of anilines is 1. The van der Waals surface area contributed by atoms with Crippen LogP contribution in [0.5, 0.6) is 11.5 Å². The van der Waals surface area contributed by atoms with E-state index in [1.165, 1.54) is 18.9 Å². The van der Waals surface area contributed by atoms with E-state index < -0.39 is 12.0 Å². The normalized spacial score (nSPS) is 17.1. The second-order valence-corrected chi connectivity index (χ2v) is 10.1. The van der Waals surface area contributed by atoms with Crippen molar-refractivity contribution in [3.05, 3.63) is 35.0 Å². The first-order valence-electron chi connectivity index (χ1n) is 12.9. The van der Waals surface area contributed by atoms with Crippen molar-refractivity contribution in [3.63, 3.8) is 0 Å². The number of hydrogen-bond acceptors (Lipinski definition) is 10. The van der Waals surface area contributed by atoms with Gasteiger partial charge in [-0.15, -0.1) is 5.10 Å². The zero-order valence-electron chi connectivity index (χ0n) is 22.3. The van der Waals surface area contributed by atoms with Gasteiger partial charge in [0.15, 0.2) is 18.1 Å². The van der Waals surface area contributed by atoms with Gasteiger partial charge >= 0.3 is 5.97 Å². The van der Waals surface area contributed by atoms with Crippen LogP contribution in [0.3, 0.4) is 0 Å². The summed E-state index contributed by atoms with van der Waals surface area (Å²) in [5.41, 5.74) is 1.85. The van der Waals surface area contributed by atoms with Crippen LogP contribution in [-0.2, 0) is 19.1 Å². The number of methoxy groups -OCH3 is 1. The van der Waals surface area contributed by atoms with Crippen LogP contribution >= 0.6 is 11.8 Å². The van der Waals surface area contributed by atoms with Gasteiger partial charge < -0.3 is 29.2 Å². The first-order chi connectivity index (χ1) is 18.5. The van der Waals surface area contributed by atoms with Gasteiger partial charge in [0, 0.05) is 18.8 Å². The van der Waals surface area contributed by atoms with E-state index in [2.05, 4.69) is 15.4 Å². The molecule has 4 rings (SSSR count). The number of fused-ring (bicyclic) bond motifs is 1. The second kappa shape index (κ2) is 13.0. The first-order valence-corrected chi connectivity index (χ1v) is 13.9. The molecule has 1 amide bonds. The first kappa shape index (κ1) is 27.8. The number of unbranched alkanes of at least 4 members (excludes halogenated alkanes) is 1. The number of ether oxygens (including phenoxy) is 4. The summed E-state index contributed by atoms with van der Waals surface area (Å²) >= 11 is 1.52. The van der Waals surface area contributed by atoms with Gasteiger partial charge in [-0.05, 0) is 36.8 Å². The monoisotopic (exact) mass is 545 g/mol. The summed E-state index contributed by atoms with van der Waals surface area (Å²) in [6.45, 7) is 8.29. The molecule has 0 spiro atoms. The number of nitrogens with one attached hydrogen (secondary N) is 1. The molecule has 1 aromatic carbocycles.